The first-order chi connectivity index (χ1) is 11.4. The van der Waals surface area contributed by atoms with Gasteiger partial charge in [-0.25, -0.2) is 0 Å². The standard InChI is InChI=1S/C17H20N2O4/c1-3-12(9-14(4-1)22-11-15-5-2-7-21-15)17-18-16(19-23-17)13-6-8-20-10-13/h1,3-4,9,13,15H,2,5-8,10-11H2. The van der Waals surface area contributed by atoms with Crippen LogP contribution in [0.1, 0.15) is 31.0 Å². The summed E-state index contributed by atoms with van der Waals surface area (Å²) in [6.07, 6.45) is 3.33. The van der Waals surface area contributed by atoms with Gasteiger partial charge in [0.15, 0.2) is 5.82 Å². The fraction of sp³-hybridized carbons (Fsp3) is 0.529. The van der Waals surface area contributed by atoms with Crippen LogP contribution in [0, 0.1) is 0 Å². The summed E-state index contributed by atoms with van der Waals surface area (Å²) in [5.74, 6) is 2.28. The SMILES string of the molecule is c1cc(OCC2CCCO2)cc(-c2nc(C3CCOC3)no2)c1. The zero-order chi connectivity index (χ0) is 15.5. The minimum absolute atomic E-state index is 0.205. The van der Waals surface area contributed by atoms with Gasteiger partial charge in [-0.3, -0.25) is 0 Å². The van der Waals surface area contributed by atoms with E-state index in [9.17, 15) is 0 Å². The lowest BCUT2D eigenvalue weighted by atomic mass is 10.1. The first-order valence-corrected chi connectivity index (χ1v) is 8.15. The van der Waals surface area contributed by atoms with Gasteiger partial charge in [-0.15, -0.1) is 0 Å². The predicted octanol–water partition coefficient (Wildman–Crippen LogP) is 2.80. The predicted molar refractivity (Wildman–Crippen MR) is 82.4 cm³/mol. The van der Waals surface area contributed by atoms with Crippen molar-refractivity contribution in [2.45, 2.75) is 31.3 Å². The number of ether oxygens (including phenoxy) is 3. The Bertz CT molecular complexity index is 646. The summed E-state index contributed by atoms with van der Waals surface area (Å²) in [7, 11) is 0. The zero-order valence-electron chi connectivity index (χ0n) is 12.9. The largest absolute Gasteiger partial charge is 0.491 e. The lowest BCUT2D eigenvalue weighted by Gasteiger charge is -2.11. The average Bonchev–Trinajstić information content (AvgIpc) is 3.35. The molecule has 0 bridgehead atoms. The van der Waals surface area contributed by atoms with Crippen molar-refractivity contribution >= 4 is 0 Å². The van der Waals surface area contributed by atoms with Crippen LogP contribution >= 0.6 is 0 Å². The van der Waals surface area contributed by atoms with Gasteiger partial charge >= 0.3 is 0 Å². The molecule has 122 valence electrons. The molecule has 2 unspecified atom stereocenters. The lowest BCUT2D eigenvalue weighted by molar-refractivity contribution is 0.0680. The van der Waals surface area contributed by atoms with Crippen molar-refractivity contribution in [2.24, 2.45) is 0 Å². The molecule has 0 N–H and O–H groups in total. The summed E-state index contributed by atoms with van der Waals surface area (Å²) >= 11 is 0. The molecule has 0 amide bonds. The molecule has 2 aliphatic rings. The smallest absolute Gasteiger partial charge is 0.258 e. The van der Waals surface area contributed by atoms with Gasteiger partial charge in [-0.05, 0) is 37.5 Å². The Morgan fingerprint density at radius 1 is 1.22 bits per heavy atom. The van der Waals surface area contributed by atoms with E-state index in [1.165, 1.54) is 0 Å². The van der Waals surface area contributed by atoms with E-state index in [1.54, 1.807) is 0 Å². The van der Waals surface area contributed by atoms with Crippen molar-refractivity contribution in [1.82, 2.24) is 10.1 Å². The Hall–Kier alpha value is -1.92. The van der Waals surface area contributed by atoms with Gasteiger partial charge in [0.25, 0.3) is 5.89 Å². The van der Waals surface area contributed by atoms with Crippen LogP contribution in [0.25, 0.3) is 11.5 Å². The van der Waals surface area contributed by atoms with E-state index in [-0.39, 0.29) is 12.0 Å². The number of benzene rings is 1. The van der Waals surface area contributed by atoms with Crippen LogP contribution in [0.2, 0.25) is 0 Å². The summed E-state index contributed by atoms with van der Waals surface area (Å²) in [4.78, 5) is 4.50. The Morgan fingerprint density at radius 2 is 2.22 bits per heavy atom. The van der Waals surface area contributed by atoms with E-state index >= 15 is 0 Å². The highest BCUT2D eigenvalue weighted by Gasteiger charge is 2.23. The first kappa shape index (κ1) is 14.7. The molecule has 0 saturated carbocycles. The molecule has 1 aromatic heterocycles. The Kier molecular flexibility index (Phi) is 4.26. The van der Waals surface area contributed by atoms with E-state index < -0.39 is 0 Å². The molecule has 0 aliphatic carbocycles. The second-order valence-electron chi connectivity index (χ2n) is 5.99. The highest BCUT2D eigenvalue weighted by molar-refractivity contribution is 5.55. The van der Waals surface area contributed by atoms with E-state index in [0.29, 0.717) is 19.1 Å². The normalized spacial score (nSPS) is 24.2. The van der Waals surface area contributed by atoms with E-state index in [2.05, 4.69) is 10.1 Å². The van der Waals surface area contributed by atoms with Crippen molar-refractivity contribution in [3.8, 4) is 17.2 Å². The minimum Gasteiger partial charge on any atom is -0.491 e. The van der Waals surface area contributed by atoms with Gasteiger partial charge in [0.1, 0.15) is 12.4 Å². The van der Waals surface area contributed by atoms with E-state index in [0.717, 1.165) is 49.6 Å². The van der Waals surface area contributed by atoms with Crippen LogP contribution in [0.15, 0.2) is 28.8 Å². The quantitative estimate of drug-likeness (QED) is 0.845. The summed E-state index contributed by atoms with van der Waals surface area (Å²) in [6, 6.07) is 7.74. The zero-order valence-corrected chi connectivity index (χ0v) is 12.9. The maximum Gasteiger partial charge on any atom is 0.258 e. The maximum absolute atomic E-state index is 5.82. The summed E-state index contributed by atoms with van der Waals surface area (Å²) in [5, 5.41) is 4.09. The third-order valence-electron chi connectivity index (χ3n) is 4.28. The molecule has 2 atom stereocenters. The van der Waals surface area contributed by atoms with Gasteiger partial charge < -0.3 is 18.7 Å². The van der Waals surface area contributed by atoms with Gasteiger partial charge in [0.05, 0.1) is 12.7 Å². The van der Waals surface area contributed by atoms with Gasteiger partial charge in [0.2, 0.25) is 0 Å². The van der Waals surface area contributed by atoms with Crippen LogP contribution < -0.4 is 4.74 Å². The molecule has 2 fully saturated rings. The molecule has 1 aromatic carbocycles. The molecule has 6 nitrogen and oxygen atoms in total. The number of aromatic nitrogens is 2. The molecule has 23 heavy (non-hydrogen) atoms. The molecule has 2 aliphatic heterocycles. The molecule has 2 saturated heterocycles. The molecule has 0 radical (unpaired) electrons. The Balaban J connectivity index is 1.44. The van der Waals surface area contributed by atoms with Crippen LogP contribution in [0.3, 0.4) is 0 Å². The fourth-order valence-electron chi connectivity index (χ4n) is 2.94. The molecule has 0 spiro atoms. The maximum atomic E-state index is 5.82. The molecule has 4 rings (SSSR count). The van der Waals surface area contributed by atoms with E-state index in [1.807, 2.05) is 24.3 Å². The topological polar surface area (TPSA) is 66.6 Å². The molecule has 2 aromatic rings. The second kappa shape index (κ2) is 6.68. The van der Waals surface area contributed by atoms with Gasteiger partial charge in [0, 0.05) is 24.7 Å². The van der Waals surface area contributed by atoms with Crippen LogP contribution in [0.5, 0.6) is 5.75 Å². The molecule has 6 heteroatoms. The second-order valence-corrected chi connectivity index (χ2v) is 5.99. The van der Waals surface area contributed by atoms with E-state index in [4.69, 9.17) is 18.7 Å². The van der Waals surface area contributed by atoms with Crippen molar-refractivity contribution in [1.29, 1.82) is 0 Å². The third-order valence-corrected chi connectivity index (χ3v) is 4.28. The molecule has 3 heterocycles. The monoisotopic (exact) mass is 316 g/mol. The van der Waals surface area contributed by atoms with Crippen LogP contribution in [-0.2, 0) is 9.47 Å². The third kappa shape index (κ3) is 3.38. The number of hydrogen-bond acceptors (Lipinski definition) is 6. The Labute approximate surface area is 134 Å². The molecular formula is C17H20N2O4. The highest BCUT2D eigenvalue weighted by Crippen LogP contribution is 2.27. The Morgan fingerprint density at radius 3 is 3.04 bits per heavy atom. The van der Waals surface area contributed by atoms with Crippen molar-refractivity contribution in [3.63, 3.8) is 0 Å². The van der Waals surface area contributed by atoms with Gasteiger partial charge in [-0.2, -0.15) is 4.98 Å². The summed E-state index contributed by atoms with van der Waals surface area (Å²) in [6.45, 7) is 2.85. The van der Waals surface area contributed by atoms with Crippen LogP contribution in [-0.4, -0.2) is 42.7 Å². The van der Waals surface area contributed by atoms with Crippen molar-refractivity contribution < 1.29 is 18.7 Å². The fourth-order valence-corrected chi connectivity index (χ4v) is 2.94. The minimum atomic E-state index is 0.205. The van der Waals surface area contributed by atoms with Crippen LogP contribution in [0.4, 0.5) is 0 Å². The highest BCUT2D eigenvalue weighted by atomic mass is 16.5. The first-order valence-electron chi connectivity index (χ1n) is 8.15. The van der Waals surface area contributed by atoms with Crippen molar-refractivity contribution in [3.05, 3.63) is 30.1 Å². The average molecular weight is 316 g/mol. The number of nitrogens with zero attached hydrogens (tertiary/aromatic N) is 2. The lowest BCUT2D eigenvalue weighted by Crippen LogP contribution is -2.16. The van der Waals surface area contributed by atoms with Crippen molar-refractivity contribution in [2.75, 3.05) is 26.4 Å². The summed E-state index contributed by atoms with van der Waals surface area (Å²) in [5.41, 5.74) is 0.868. The van der Waals surface area contributed by atoms with Gasteiger partial charge in [-0.1, -0.05) is 11.2 Å². The number of rotatable bonds is 5. The molecular weight excluding hydrogens is 296 g/mol. The number of hydrogen-bond donors (Lipinski definition) is 0. The summed E-state index contributed by atoms with van der Waals surface area (Å²) < 4.78 is 22.2.